The maximum atomic E-state index is 12.2. The number of nitrogens with zero attached hydrogens (tertiary/aromatic N) is 1. The second kappa shape index (κ2) is 32.9. The third-order valence-corrected chi connectivity index (χ3v) is 34.5. The molecular weight excluding hydrogens is 1510 g/mol. The Kier molecular flexibility index (Phi) is 24.0. The van der Waals surface area contributed by atoms with Gasteiger partial charge in [0.2, 0.25) is 6.79 Å². The number of nitrogens with two attached hydrogens (primary N) is 4. The molecule has 5 atom stereocenters. The molecule has 1 aliphatic heterocycles. The smallest absolute Gasteiger partial charge is 0.231 e. The average Bonchev–Trinajstić information content (AvgIpc) is 1.52. The molecule has 114 heavy (non-hydrogen) atoms. The van der Waals surface area contributed by atoms with E-state index in [0.29, 0.717) is 40.4 Å². The number of benzene rings is 5. The van der Waals surface area contributed by atoms with Gasteiger partial charge in [0.05, 0.1) is 22.2 Å². The molecule has 26 rings (SSSR count). The third-order valence-electron chi connectivity index (χ3n) is 34.5. The Morgan fingerprint density at radius 1 is 0.430 bits per heavy atom. The first-order chi connectivity index (χ1) is 53.0. The molecule has 21 aliphatic rings. The lowest BCUT2D eigenvalue weighted by Gasteiger charge is -2.54. The second-order valence-corrected chi connectivity index (χ2v) is 42.4. The largest absolute Gasteiger partial charge is 1.00 e. The lowest BCUT2D eigenvalue weighted by Crippen LogP contribution is -3.00. The highest BCUT2D eigenvalue weighted by Crippen LogP contribution is 2.68. The fourth-order valence-corrected chi connectivity index (χ4v) is 31.9. The Hall–Kier alpha value is -4.38. The first-order valence-electron chi connectivity index (χ1n) is 45.1. The average molecular weight is 1640 g/mol. The van der Waals surface area contributed by atoms with Gasteiger partial charge in [-0.1, -0.05) is 97.3 Å². The van der Waals surface area contributed by atoms with Crippen molar-refractivity contribution in [2.75, 3.05) is 6.79 Å². The number of ketones is 1. The summed E-state index contributed by atoms with van der Waals surface area (Å²) in [5.74, 6) is 21.1. The van der Waals surface area contributed by atoms with Gasteiger partial charge >= 0.3 is 0 Å². The van der Waals surface area contributed by atoms with Crippen LogP contribution in [-0.2, 0) is 57.2 Å². The molecule has 14 heteroatoms. The van der Waals surface area contributed by atoms with E-state index in [2.05, 4.69) is 149 Å². The van der Waals surface area contributed by atoms with Crippen molar-refractivity contribution in [2.45, 2.75) is 299 Å². The predicted octanol–water partition coefficient (Wildman–Crippen LogP) is 0.822. The van der Waals surface area contributed by atoms with Crippen molar-refractivity contribution in [3.8, 4) is 23.3 Å². The van der Waals surface area contributed by atoms with Crippen LogP contribution >= 0.6 is 0 Å². The minimum atomic E-state index is -0.949. The van der Waals surface area contributed by atoms with E-state index in [9.17, 15) is 9.90 Å². The molecule has 18 fully saturated rings. The number of quaternary nitrogens is 5. The number of carbonyl (C=O) groups excluding carboxylic acids is 1. The van der Waals surface area contributed by atoms with Crippen molar-refractivity contribution in [3.63, 3.8) is 0 Å². The minimum absolute atomic E-state index is 0. The SMILES string of the molecule is CC#C[C@]1(O)CC[C@H]2[C@@H]3CCC4=CC(=O)CCC4=C3[C@@H](c3ccc4c(c3)OCO4)C[C@@]21C.[Cl-].[Cl-].[Cl-].[Cl-].[Cl-].c1cc(C[NH2+]C23CC4CC(CC(C4)C2)C3)cc(C[N+](Cc2cccc(C[NH2+]C34CC5CC(CC(C5)C3)C4)c2)(Cc2cccc(C[NH2+]C34CC5CC(CC(C5)C3)C4)c2)Cc2cccc(C[NH2+]C34CC5CC(CC(C5)C3)C4)c2)c1. The standard InChI is InChI=1S/C72H96N5.C28H30O4.5ClH/c1-5-49(41-73-69-29-57-17-58(30-69)19-59(18-57)31-69)13-53(9-1)45-77(46-54-10-2-6-50(14-54)42-74-70-32-60-20-61(33-70)22-62(21-60)34-70,47-55-11-3-7-51(15-55)43-75-71-35-63-23-64(36-71)25-65(24-63)37-71)48-56-12-4-8-52(16-56)44-76-72-38-66-26-67(39-72)28-68(27-66)40-72;1-3-11-28(30)12-10-23-21-7-4-17-13-19(29)6-8-20(17)26(21)22(15-27(23,28)2)18-5-9-24-25(14-18)32-16-31-24;;;;;/h1-16,57-68,73-76H,17-48H2;5,9,13-14,21-23,30H,4,6-8,10,12,15-16H2,1-2H3;5*1H/q+1;;;;;;/p-1/t;21-,22+,23-,27-,28-;;;;;/m.0...../s1. The lowest BCUT2D eigenvalue weighted by atomic mass is 9.51. The fourth-order valence-electron chi connectivity index (χ4n) is 31.9. The zero-order valence-corrected chi connectivity index (χ0v) is 72.1. The van der Waals surface area contributed by atoms with Crippen LogP contribution in [0.25, 0.3) is 0 Å². The van der Waals surface area contributed by atoms with Crippen LogP contribution in [0.3, 0.4) is 0 Å². The van der Waals surface area contributed by atoms with Crippen molar-refractivity contribution in [3.05, 3.63) is 188 Å². The molecule has 18 saturated carbocycles. The fraction of sp³-hybridized carbons (Fsp3) is 0.630. The molecular formula is C100H130Cl5N5O4. The highest BCUT2D eigenvalue weighted by Gasteiger charge is 2.64. The van der Waals surface area contributed by atoms with Crippen molar-refractivity contribution in [1.82, 2.24) is 0 Å². The van der Waals surface area contributed by atoms with Crippen molar-refractivity contribution < 1.29 is 107 Å². The summed E-state index contributed by atoms with van der Waals surface area (Å²) in [6, 6.07) is 46.8. The van der Waals surface area contributed by atoms with Crippen molar-refractivity contribution in [1.29, 1.82) is 0 Å². The van der Waals surface area contributed by atoms with E-state index in [4.69, 9.17) is 9.47 Å². The van der Waals surface area contributed by atoms with Crippen LogP contribution in [0.1, 0.15) is 269 Å². The number of ether oxygens (including phenoxy) is 2. The molecule has 614 valence electrons. The number of rotatable bonds is 21. The van der Waals surface area contributed by atoms with Crippen molar-refractivity contribution >= 4 is 5.78 Å². The maximum absolute atomic E-state index is 12.2. The van der Waals surface area contributed by atoms with Crippen LogP contribution in [0, 0.1) is 100 Å². The van der Waals surface area contributed by atoms with Crippen LogP contribution in [0.4, 0.5) is 0 Å². The Morgan fingerprint density at radius 3 is 1.14 bits per heavy atom. The van der Waals surface area contributed by atoms with Crippen molar-refractivity contribution in [2.24, 2.45) is 88.3 Å². The third kappa shape index (κ3) is 16.2. The molecule has 0 unspecified atom stereocenters. The van der Waals surface area contributed by atoms with Gasteiger partial charge in [-0.25, -0.2) is 0 Å². The van der Waals surface area contributed by atoms with Crippen LogP contribution in [-0.4, -0.2) is 49.9 Å². The highest BCUT2D eigenvalue weighted by atomic mass is 35.5. The zero-order valence-electron chi connectivity index (χ0n) is 68.3. The summed E-state index contributed by atoms with van der Waals surface area (Å²) in [7, 11) is 0. The normalized spacial score (nSPS) is 38.1. The molecule has 1 heterocycles. The summed E-state index contributed by atoms with van der Waals surface area (Å²) >= 11 is 0. The van der Waals surface area contributed by atoms with Crippen LogP contribution in [0.5, 0.6) is 11.5 Å². The molecule has 20 aliphatic carbocycles. The van der Waals surface area contributed by atoms with Gasteiger partial charge < -0.3 is 102 Å². The molecule has 5 aromatic rings. The Morgan fingerprint density at radius 2 is 0.781 bits per heavy atom. The van der Waals surface area contributed by atoms with Gasteiger partial charge in [-0.3, -0.25) is 4.79 Å². The Balaban J connectivity index is 0.000000223. The molecule has 5 aromatic carbocycles. The Bertz CT molecular complexity index is 3960. The first kappa shape index (κ1) is 83.3. The topological polar surface area (TPSA) is 122 Å². The van der Waals surface area contributed by atoms with E-state index < -0.39 is 5.60 Å². The quantitative estimate of drug-likeness (QED) is 0.0553. The number of allylic oxidation sites excluding steroid dienone is 4. The monoisotopic (exact) mass is 1640 g/mol. The van der Waals surface area contributed by atoms with Gasteiger partial charge in [-0.05, 0) is 265 Å². The summed E-state index contributed by atoms with van der Waals surface area (Å²) in [6.45, 7) is 13.1. The van der Waals surface area contributed by atoms with E-state index >= 15 is 0 Å². The Labute approximate surface area is 713 Å². The highest BCUT2D eigenvalue weighted by molar-refractivity contribution is 5.93. The lowest BCUT2D eigenvalue weighted by molar-refractivity contribution is -0.978. The van der Waals surface area contributed by atoms with E-state index in [1.165, 1.54) is 199 Å². The number of fused-ring (bicyclic) bond motifs is 5. The molecule has 0 saturated heterocycles. The van der Waals surface area contributed by atoms with E-state index in [-0.39, 0.29) is 85.9 Å². The number of aliphatic hydroxyl groups is 1. The van der Waals surface area contributed by atoms with E-state index in [0.717, 1.165) is 178 Å². The van der Waals surface area contributed by atoms with Gasteiger partial charge in [0.15, 0.2) is 17.3 Å². The summed E-state index contributed by atoms with van der Waals surface area (Å²) < 4.78 is 12.3. The molecule has 16 bridgehead atoms. The first-order valence-corrected chi connectivity index (χ1v) is 45.1. The number of carbonyl (C=O) groups is 1. The summed E-state index contributed by atoms with van der Waals surface area (Å²) in [6.07, 6.45) is 43.9. The molecule has 9 N–H and O–H groups in total. The summed E-state index contributed by atoms with van der Waals surface area (Å²) in [5, 5.41) is 23.2. The van der Waals surface area contributed by atoms with Gasteiger partial charge in [0.25, 0.3) is 0 Å². The summed E-state index contributed by atoms with van der Waals surface area (Å²) in [5.41, 5.74) is 18.5. The zero-order chi connectivity index (χ0) is 72.9. The van der Waals surface area contributed by atoms with Crippen LogP contribution in [0.2, 0.25) is 0 Å². The minimum Gasteiger partial charge on any atom is -1.00 e. The van der Waals surface area contributed by atoms with Gasteiger partial charge in [-0.15, -0.1) is 5.92 Å². The van der Waals surface area contributed by atoms with Crippen LogP contribution < -0.4 is 92.8 Å². The number of hydrogen-bond donors (Lipinski definition) is 5. The van der Waals surface area contributed by atoms with E-state index in [1.807, 2.05) is 19.1 Å². The van der Waals surface area contributed by atoms with E-state index in [1.54, 1.807) is 22.3 Å². The molecule has 0 spiro atoms. The number of halogens is 5. The second-order valence-electron chi connectivity index (χ2n) is 42.4. The molecule has 9 nitrogen and oxygen atoms in total. The molecule has 0 aromatic heterocycles. The maximum Gasteiger partial charge on any atom is 0.231 e. The number of hydrogen-bond acceptors (Lipinski definition) is 4. The summed E-state index contributed by atoms with van der Waals surface area (Å²) in [4.78, 5) is 12.2. The van der Waals surface area contributed by atoms with Crippen LogP contribution in [0.15, 0.2) is 138 Å². The van der Waals surface area contributed by atoms with Gasteiger partial charge in [-0.2, -0.15) is 0 Å². The molecule has 0 radical (unpaired) electrons. The molecule has 0 amide bonds. The van der Waals surface area contributed by atoms with Gasteiger partial charge in [0, 0.05) is 139 Å². The van der Waals surface area contributed by atoms with Gasteiger partial charge in [0.1, 0.15) is 58.0 Å². The predicted molar refractivity (Wildman–Crippen MR) is 428 cm³/mol.